The molecule has 1 atom stereocenters. The molecule has 0 radical (unpaired) electrons. The Hall–Kier alpha value is -1.61. The molecule has 3 heteroatoms. The molecule has 0 aliphatic heterocycles. The lowest BCUT2D eigenvalue weighted by molar-refractivity contribution is 0.685. The average molecular weight is 241 g/mol. The van der Waals surface area contributed by atoms with Gasteiger partial charge in [0.2, 0.25) is 0 Å². The third-order valence-corrected chi connectivity index (χ3v) is 3.63. The van der Waals surface area contributed by atoms with Gasteiger partial charge in [-0.15, -0.1) is 0 Å². The summed E-state index contributed by atoms with van der Waals surface area (Å²) < 4.78 is 1.97. The van der Waals surface area contributed by atoms with Crippen LogP contribution in [-0.4, -0.2) is 9.78 Å². The normalized spacial score (nSPS) is 16.8. The Kier molecular flexibility index (Phi) is 2.92. The largest absolute Gasteiger partial charge is 0.324 e. The van der Waals surface area contributed by atoms with Crippen molar-refractivity contribution < 1.29 is 0 Å². The first-order valence-corrected chi connectivity index (χ1v) is 6.70. The molecule has 1 fully saturated rings. The van der Waals surface area contributed by atoms with Crippen molar-refractivity contribution in [2.24, 2.45) is 5.73 Å². The summed E-state index contributed by atoms with van der Waals surface area (Å²) in [5.41, 5.74) is 9.67. The van der Waals surface area contributed by atoms with Crippen LogP contribution < -0.4 is 5.73 Å². The van der Waals surface area contributed by atoms with E-state index in [0.29, 0.717) is 5.92 Å². The number of hydrogen-bond donors (Lipinski definition) is 1. The number of benzene rings is 1. The summed E-state index contributed by atoms with van der Waals surface area (Å²) in [5, 5.41) is 4.68. The predicted octanol–water partition coefficient (Wildman–Crippen LogP) is 3.16. The second-order valence-electron chi connectivity index (χ2n) is 5.03. The van der Waals surface area contributed by atoms with Gasteiger partial charge >= 0.3 is 0 Å². The van der Waals surface area contributed by atoms with Gasteiger partial charge in [-0.1, -0.05) is 25.1 Å². The second kappa shape index (κ2) is 4.58. The van der Waals surface area contributed by atoms with Gasteiger partial charge in [-0.25, -0.2) is 4.68 Å². The summed E-state index contributed by atoms with van der Waals surface area (Å²) in [6.07, 6.45) is 5.56. The van der Waals surface area contributed by atoms with Crippen LogP contribution in [-0.2, 0) is 0 Å². The van der Waals surface area contributed by atoms with Crippen LogP contribution in [0.15, 0.2) is 36.5 Å². The molecule has 1 aliphatic carbocycles. The lowest BCUT2D eigenvalue weighted by Crippen LogP contribution is -2.12. The van der Waals surface area contributed by atoms with E-state index in [0.717, 1.165) is 12.1 Å². The summed E-state index contributed by atoms with van der Waals surface area (Å²) >= 11 is 0. The van der Waals surface area contributed by atoms with Crippen LogP contribution in [0.25, 0.3) is 5.69 Å². The van der Waals surface area contributed by atoms with Crippen molar-refractivity contribution in [3.8, 4) is 5.69 Å². The van der Waals surface area contributed by atoms with Gasteiger partial charge in [0.05, 0.1) is 11.4 Å². The summed E-state index contributed by atoms with van der Waals surface area (Å²) in [6.45, 7) is 2.11. The molecular formula is C15H19N3. The van der Waals surface area contributed by atoms with E-state index in [1.54, 1.807) is 0 Å². The fraction of sp³-hybridized carbons (Fsp3) is 0.400. The molecule has 3 rings (SSSR count). The van der Waals surface area contributed by atoms with Gasteiger partial charge in [0.25, 0.3) is 0 Å². The van der Waals surface area contributed by atoms with Crippen LogP contribution in [0.3, 0.4) is 0 Å². The van der Waals surface area contributed by atoms with Gasteiger partial charge in [-0.2, -0.15) is 5.10 Å². The van der Waals surface area contributed by atoms with E-state index in [9.17, 15) is 0 Å². The minimum atomic E-state index is 0.0785. The highest BCUT2D eigenvalue weighted by atomic mass is 15.3. The van der Waals surface area contributed by atoms with E-state index in [1.165, 1.54) is 24.1 Å². The molecule has 1 heterocycles. The van der Waals surface area contributed by atoms with Crippen molar-refractivity contribution in [3.05, 3.63) is 47.8 Å². The van der Waals surface area contributed by atoms with Crippen LogP contribution >= 0.6 is 0 Å². The highest BCUT2D eigenvalue weighted by Gasteiger charge is 2.26. The number of para-hydroxylation sites is 1. The van der Waals surface area contributed by atoms with Crippen LogP contribution in [0, 0.1) is 0 Å². The molecule has 1 aromatic carbocycles. The Morgan fingerprint density at radius 3 is 2.83 bits per heavy atom. The second-order valence-corrected chi connectivity index (χ2v) is 5.03. The van der Waals surface area contributed by atoms with Gasteiger partial charge in [-0.05, 0) is 37.0 Å². The fourth-order valence-corrected chi connectivity index (χ4v) is 2.30. The van der Waals surface area contributed by atoms with Crippen molar-refractivity contribution in [3.63, 3.8) is 0 Å². The Morgan fingerprint density at radius 2 is 2.11 bits per heavy atom. The molecule has 0 spiro atoms. The maximum Gasteiger partial charge on any atom is 0.0693 e. The molecule has 0 amide bonds. The molecule has 2 aromatic rings. The maximum atomic E-state index is 6.17. The van der Waals surface area contributed by atoms with E-state index in [4.69, 9.17) is 5.73 Å². The third-order valence-electron chi connectivity index (χ3n) is 3.63. The minimum absolute atomic E-state index is 0.0785. The minimum Gasteiger partial charge on any atom is -0.324 e. The summed E-state index contributed by atoms with van der Waals surface area (Å²) in [7, 11) is 0. The van der Waals surface area contributed by atoms with Crippen LogP contribution in [0.2, 0.25) is 0 Å². The van der Waals surface area contributed by atoms with E-state index < -0.39 is 0 Å². The van der Waals surface area contributed by atoms with Gasteiger partial charge in [0.15, 0.2) is 0 Å². The quantitative estimate of drug-likeness (QED) is 0.893. The molecule has 1 unspecified atom stereocenters. The van der Waals surface area contributed by atoms with Crippen molar-refractivity contribution in [1.29, 1.82) is 0 Å². The Labute approximate surface area is 108 Å². The molecule has 1 aliphatic rings. The first-order chi connectivity index (χ1) is 8.79. The molecule has 0 saturated heterocycles. The van der Waals surface area contributed by atoms with Crippen LogP contribution in [0.1, 0.15) is 49.4 Å². The number of nitrogens with two attached hydrogens (primary N) is 1. The molecule has 2 N–H and O–H groups in total. The van der Waals surface area contributed by atoms with Gasteiger partial charge in [0, 0.05) is 18.2 Å². The van der Waals surface area contributed by atoms with Gasteiger partial charge in [0.1, 0.15) is 0 Å². The monoisotopic (exact) mass is 241 g/mol. The Bertz CT molecular complexity index is 540. The topological polar surface area (TPSA) is 43.8 Å². The third kappa shape index (κ3) is 2.06. The SMILES string of the molecule is CCC(N)c1ccccc1-n1ccc(C2CC2)n1. The number of rotatable bonds is 4. The van der Waals surface area contributed by atoms with E-state index in [2.05, 4.69) is 36.4 Å². The van der Waals surface area contributed by atoms with Crippen molar-refractivity contribution >= 4 is 0 Å². The van der Waals surface area contributed by atoms with Gasteiger partial charge < -0.3 is 5.73 Å². The highest BCUT2D eigenvalue weighted by Crippen LogP contribution is 2.39. The lowest BCUT2D eigenvalue weighted by Gasteiger charge is -2.14. The summed E-state index contributed by atoms with van der Waals surface area (Å²) in [6, 6.07) is 10.5. The number of nitrogens with zero attached hydrogens (tertiary/aromatic N) is 2. The zero-order valence-electron chi connectivity index (χ0n) is 10.7. The Morgan fingerprint density at radius 1 is 1.33 bits per heavy atom. The maximum absolute atomic E-state index is 6.17. The molecular weight excluding hydrogens is 222 g/mol. The number of aromatic nitrogens is 2. The lowest BCUT2D eigenvalue weighted by atomic mass is 10.0. The number of hydrogen-bond acceptors (Lipinski definition) is 2. The van der Waals surface area contributed by atoms with E-state index >= 15 is 0 Å². The van der Waals surface area contributed by atoms with Crippen LogP contribution in [0.5, 0.6) is 0 Å². The first-order valence-electron chi connectivity index (χ1n) is 6.70. The molecule has 1 saturated carbocycles. The van der Waals surface area contributed by atoms with Crippen LogP contribution in [0.4, 0.5) is 0 Å². The molecule has 0 bridgehead atoms. The Balaban J connectivity index is 1.98. The van der Waals surface area contributed by atoms with Crippen molar-refractivity contribution in [1.82, 2.24) is 9.78 Å². The summed E-state index contributed by atoms with van der Waals surface area (Å²) in [5.74, 6) is 0.693. The molecule has 18 heavy (non-hydrogen) atoms. The van der Waals surface area contributed by atoms with E-state index in [1.807, 2.05) is 16.8 Å². The standard InChI is InChI=1S/C15H19N3/c1-2-13(16)12-5-3-4-6-15(12)18-10-9-14(17-18)11-7-8-11/h3-6,9-11,13H,2,7-8,16H2,1H3. The van der Waals surface area contributed by atoms with E-state index in [-0.39, 0.29) is 6.04 Å². The zero-order valence-corrected chi connectivity index (χ0v) is 10.7. The predicted molar refractivity (Wildman–Crippen MR) is 72.8 cm³/mol. The molecule has 94 valence electrons. The summed E-state index contributed by atoms with van der Waals surface area (Å²) in [4.78, 5) is 0. The molecule has 1 aromatic heterocycles. The smallest absolute Gasteiger partial charge is 0.0693 e. The molecule has 3 nitrogen and oxygen atoms in total. The van der Waals surface area contributed by atoms with Crippen molar-refractivity contribution in [2.45, 2.75) is 38.1 Å². The fourth-order valence-electron chi connectivity index (χ4n) is 2.30. The average Bonchev–Trinajstić information content (AvgIpc) is 3.16. The van der Waals surface area contributed by atoms with Crippen molar-refractivity contribution in [2.75, 3.05) is 0 Å². The van der Waals surface area contributed by atoms with Gasteiger partial charge in [-0.3, -0.25) is 0 Å². The zero-order chi connectivity index (χ0) is 12.5. The first kappa shape index (κ1) is 11.5. The highest BCUT2D eigenvalue weighted by molar-refractivity contribution is 5.42.